The first-order valence-electron chi connectivity index (χ1n) is 7.60. The maximum Gasteiger partial charge on any atom is 0.296 e. The van der Waals surface area contributed by atoms with Crippen molar-refractivity contribution in [2.45, 2.75) is 6.42 Å². The normalized spacial score (nSPS) is 14.5. The molecule has 0 atom stereocenters. The van der Waals surface area contributed by atoms with Gasteiger partial charge in [0.15, 0.2) is 5.76 Å². The Balaban J connectivity index is 1.85. The monoisotopic (exact) mass is 323 g/mol. The molecule has 0 fully saturated rings. The van der Waals surface area contributed by atoms with Crippen molar-refractivity contribution in [1.29, 1.82) is 0 Å². The van der Waals surface area contributed by atoms with Crippen molar-refractivity contribution in [3.63, 3.8) is 0 Å². The van der Waals surface area contributed by atoms with Gasteiger partial charge in [-0.05, 0) is 18.1 Å². The number of aliphatic hydroxyl groups excluding tert-OH is 1. The minimum absolute atomic E-state index is 0.00879. The van der Waals surface area contributed by atoms with Gasteiger partial charge in [-0.2, -0.15) is 0 Å². The Hall–Kier alpha value is -3.08. The molecular weight excluding hydrogens is 306 g/mol. The van der Waals surface area contributed by atoms with E-state index in [0.717, 1.165) is 10.5 Å². The molecule has 1 aliphatic heterocycles. The van der Waals surface area contributed by atoms with E-state index in [1.54, 1.807) is 24.3 Å². The number of ether oxygens (including phenoxy) is 1. The van der Waals surface area contributed by atoms with E-state index in [4.69, 9.17) is 4.74 Å². The molecular formula is C19H17NO4. The summed E-state index contributed by atoms with van der Waals surface area (Å²) in [5, 5.41) is 10.2. The van der Waals surface area contributed by atoms with Crippen molar-refractivity contribution >= 4 is 17.4 Å². The SMILES string of the molecule is COc1ccccc1C1=C(O)C(=O)N(CCc2ccccc2)C1=O. The van der Waals surface area contributed by atoms with Crippen LogP contribution < -0.4 is 4.74 Å². The molecule has 5 nitrogen and oxygen atoms in total. The van der Waals surface area contributed by atoms with Crippen LogP contribution in [-0.2, 0) is 16.0 Å². The Morgan fingerprint density at radius 2 is 1.62 bits per heavy atom. The number of nitrogens with zero attached hydrogens (tertiary/aromatic N) is 1. The van der Waals surface area contributed by atoms with E-state index in [9.17, 15) is 14.7 Å². The van der Waals surface area contributed by atoms with E-state index in [1.165, 1.54) is 7.11 Å². The fourth-order valence-corrected chi connectivity index (χ4v) is 2.75. The van der Waals surface area contributed by atoms with E-state index in [1.807, 2.05) is 30.3 Å². The van der Waals surface area contributed by atoms with Gasteiger partial charge in [0.05, 0.1) is 12.7 Å². The predicted molar refractivity (Wildman–Crippen MR) is 89.4 cm³/mol. The highest BCUT2D eigenvalue weighted by Crippen LogP contribution is 2.33. The van der Waals surface area contributed by atoms with Gasteiger partial charge in [0.2, 0.25) is 0 Å². The number of para-hydroxylation sites is 1. The van der Waals surface area contributed by atoms with E-state index >= 15 is 0 Å². The fraction of sp³-hybridized carbons (Fsp3) is 0.158. The molecule has 0 saturated carbocycles. The minimum atomic E-state index is -0.670. The lowest BCUT2D eigenvalue weighted by Gasteiger charge is -2.15. The molecule has 2 amide bonds. The Morgan fingerprint density at radius 1 is 0.958 bits per heavy atom. The molecule has 0 bridgehead atoms. The number of benzene rings is 2. The van der Waals surface area contributed by atoms with Crippen LogP contribution in [0.15, 0.2) is 60.4 Å². The highest BCUT2D eigenvalue weighted by atomic mass is 16.5. The first-order chi connectivity index (χ1) is 11.6. The number of rotatable bonds is 5. The van der Waals surface area contributed by atoms with Crippen molar-refractivity contribution in [2.75, 3.05) is 13.7 Å². The van der Waals surface area contributed by atoms with Gasteiger partial charge in [0.1, 0.15) is 5.75 Å². The number of hydrogen-bond donors (Lipinski definition) is 1. The number of carbonyl (C=O) groups excluding carboxylic acids is 2. The molecule has 2 aromatic carbocycles. The zero-order valence-electron chi connectivity index (χ0n) is 13.2. The van der Waals surface area contributed by atoms with E-state index in [-0.39, 0.29) is 12.1 Å². The highest BCUT2D eigenvalue weighted by molar-refractivity contribution is 6.35. The lowest BCUT2D eigenvalue weighted by Crippen LogP contribution is -2.33. The first-order valence-corrected chi connectivity index (χ1v) is 7.60. The second-order valence-corrected chi connectivity index (χ2v) is 5.42. The number of amides is 2. The van der Waals surface area contributed by atoms with Crippen LogP contribution in [0, 0.1) is 0 Å². The zero-order valence-corrected chi connectivity index (χ0v) is 13.2. The largest absolute Gasteiger partial charge is 0.502 e. The number of hydrogen-bond acceptors (Lipinski definition) is 4. The van der Waals surface area contributed by atoms with Crippen molar-refractivity contribution in [2.24, 2.45) is 0 Å². The second kappa shape index (κ2) is 6.58. The van der Waals surface area contributed by atoms with Crippen LogP contribution in [0.3, 0.4) is 0 Å². The van der Waals surface area contributed by atoms with Crippen LogP contribution in [0.2, 0.25) is 0 Å². The summed E-state index contributed by atoms with van der Waals surface area (Å²) in [5.74, 6) is -1.27. The summed E-state index contributed by atoms with van der Waals surface area (Å²) in [5.41, 5.74) is 1.42. The summed E-state index contributed by atoms with van der Waals surface area (Å²) in [6.45, 7) is 0.213. The zero-order chi connectivity index (χ0) is 17.1. The third-order valence-electron chi connectivity index (χ3n) is 3.99. The van der Waals surface area contributed by atoms with Gasteiger partial charge in [0.25, 0.3) is 11.8 Å². The first kappa shape index (κ1) is 15.8. The minimum Gasteiger partial charge on any atom is -0.502 e. The number of aliphatic hydroxyl groups is 1. The molecule has 24 heavy (non-hydrogen) atoms. The molecule has 3 rings (SSSR count). The third-order valence-corrected chi connectivity index (χ3v) is 3.99. The van der Waals surface area contributed by atoms with Crippen molar-refractivity contribution in [3.8, 4) is 5.75 Å². The van der Waals surface area contributed by atoms with Crippen molar-refractivity contribution in [1.82, 2.24) is 4.90 Å². The molecule has 0 aromatic heterocycles. The number of carbonyl (C=O) groups is 2. The molecule has 1 N–H and O–H groups in total. The van der Waals surface area contributed by atoms with Gasteiger partial charge < -0.3 is 9.84 Å². The molecule has 0 spiro atoms. The van der Waals surface area contributed by atoms with Crippen molar-refractivity contribution in [3.05, 3.63) is 71.5 Å². The number of methoxy groups -OCH3 is 1. The summed E-state index contributed by atoms with van der Waals surface area (Å²) >= 11 is 0. The molecule has 1 aliphatic rings. The van der Waals surface area contributed by atoms with Crippen LogP contribution in [0.4, 0.5) is 0 Å². The van der Waals surface area contributed by atoms with E-state index in [2.05, 4.69) is 0 Å². The Kier molecular flexibility index (Phi) is 4.33. The highest BCUT2D eigenvalue weighted by Gasteiger charge is 2.39. The molecule has 0 aliphatic carbocycles. The van der Waals surface area contributed by atoms with Gasteiger partial charge in [-0.1, -0.05) is 48.5 Å². The summed E-state index contributed by atoms with van der Waals surface area (Å²) < 4.78 is 5.23. The van der Waals surface area contributed by atoms with Crippen LogP contribution >= 0.6 is 0 Å². The molecule has 0 unspecified atom stereocenters. The van der Waals surface area contributed by atoms with E-state index < -0.39 is 17.6 Å². The molecule has 5 heteroatoms. The second-order valence-electron chi connectivity index (χ2n) is 5.42. The van der Waals surface area contributed by atoms with Gasteiger partial charge in [-0.3, -0.25) is 14.5 Å². The Labute approximate surface area is 139 Å². The van der Waals surface area contributed by atoms with Gasteiger partial charge >= 0.3 is 0 Å². The molecule has 0 radical (unpaired) electrons. The summed E-state index contributed by atoms with van der Waals surface area (Å²) in [7, 11) is 1.48. The average Bonchev–Trinajstić information content (AvgIpc) is 2.83. The predicted octanol–water partition coefficient (Wildman–Crippen LogP) is 2.58. The topological polar surface area (TPSA) is 66.8 Å². The lowest BCUT2D eigenvalue weighted by molar-refractivity contribution is -0.138. The van der Waals surface area contributed by atoms with Crippen LogP contribution in [0.25, 0.3) is 5.57 Å². The maximum atomic E-state index is 12.6. The fourth-order valence-electron chi connectivity index (χ4n) is 2.75. The molecule has 1 heterocycles. The Morgan fingerprint density at radius 3 is 2.33 bits per heavy atom. The van der Waals surface area contributed by atoms with Gasteiger partial charge in [-0.25, -0.2) is 0 Å². The molecule has 122 valence electrons. The van der Waals surface area contributed by atoms with E-state index in [0.29, 0.717) is 17.7 Å². The average molecular weight is 323 g/mol. The van der Waals surface area contributed by atoms with Gasteiger partial charge in [-0.15, -0.1) is 0 Å². The third kappa shape index (κ3) is 2.76. The quantitative estimate of drug-likeness (QED) is 0.859. The lowest BCUT2D eigenvalue weighted by atomic mass is 10.0. The summed E-state index contributed by atoms with van der Waals surface area (Å²) in [6.07, 6.45) is 0.533. The van der Waals surface area contributed by atoms with Crippen LogP contribution in [0.1, 0.15) is 11.1 Å². The van der Waals surface area contributed by atoms with Crippen molar-refractivity contribution < 1.29 is 19.4 Å². The Bertz CT molecular complexity index is 811. The maximum absolute atomic E-state index is 12.6. The molecule has 2 aromatic rings. The smallest absolute Gasteiger partial charge is 0.296 e. The molecule has 0 saturated heterocycles. The standard InChI is InChI=1S/C19H17NO4/c1-24-15-10-6-5-9-14(15)16-17(21)19(23)20(18(16)22)12-11-13-7-3-2-4-8-13/h2-10,21H,11-12H2,1H3. The van der Waals surface area contributed by atoms with Crippen LogP contribution in [-0.4, -0.2) is 35.5 Å². The van der Waals surface area contributed by atoms with Gasteiger partial charge in [0, 0.05) is 12.1 Å². The summed E-state index contributed by atoms with van der Waals surface area (Å²) in [6, 6.07) is 16.4. The number of imide groups is 1. The summed E-state index contributed by atoms with van der Waals surface area (Å²) in [4.78, 5) is 26.0. The van der Waals surface area contributed by atoms with Crippen LogP contribution in [0.5, 0.6) is 5.75 Å².